The van der Waals surface area contributed by atoms with Crippen molar-refractivity contribution < 1.29 is 19.1 Å². The number of carbonyl (C=O) groups is 2. The van der Waals surface area contributed by atoms with Gasteiger partial charge in [0.15, 0.2) is 13.2 Å². The Morgan fingerprint density at radius 3 is 1.85 bits per heavy atom. The quantitative estimate of drug-likeness (QED) is 0.645. The molecule has 0 bridgehead atoms. The van der Waals surface area contributed by atoms with Crippen molar-refractivity contribution in [3.8, 4) is 11.5 Å². The molecule has 2 aromatic carbocycles. The van der Waals surface area contributed by atoms with E-state index in [9.17, 15) is 9.59 Å². The lowest BCUT2D eigenvalue weighted by atomic mass is 10.1. The Bertz CT molecular complexity index is 758. The van der Waals surface area contributed by atoms with Gasteiger partial charge in [0.25, 0.3) is 11.8 Å². The van der Waals surface area contributed by atoms with Crippen molar-refractivity contribution in [1.29, 1.82) is 0 Å². The van der Waals surface area contributed by atoms with Crippen LogP contribution in [0.15, 0.2) is 42.5 Å². The van der Waals surface area contributed by atoms with Crippen molar-refractivity contribution in [3.63, 3.8) is 0 Å². The second kappa shape index (κ2) is 10.4. The van der Waals surface area contributed by atoms with Crippen LogP contribution in [0.4, 0.5) is 0 Å². The first kappa shape index (κ1) is 20.6. The van der Waals surface area contributed by atoms with Gasteiger partial charge < -0.3 is 20.1 Å². The van der Waals surface area contributed by atoms with E-state index in [1.165, 1.54) is 0 Å². The van der Waals surface area contributed by atoms with Gasteiger partial charge in [0, 0.05) is 18.1 Å². The maximum Gasteiger partial charge on any atom is 0.258 e. The molecular formula is C20H23ClN2O4. The molecule has 0 heterocycles. The molecule has 2 amide bonds. The molecule has 0 aliphatic carbocycles. The standard InChI is InChI=1S/C20H23ClN2O4/c1-14-10-17(11-15(2)20(14)21)27-13-19(25)23-9-8-22-18(24)12-26-16-6-4-3-5-7-16/h3-7,10-11H,8-9,12-13H2,1-2H3,(H,22,24)(H,23,25). The van der Waals surface area contributed by atoms with Crippen molar-refractivity contribution in [2.75, 3.05) is 26.3 Å². The van der Waals surface area contributed by atoms with E-state index < -0.39 is 0 Å². The molecule has 0 saturated carbocycles. The molecule has 7 heteroatoms. The monoisotopic (exact) mass is 390 g/mol. The normalized spacial score (nSPS) is 10.2. The lowest BCUT2D eigenvalue weighted by Gasteiger charge is -2.11. The van der Waals surface area contributed by atoms with Crippen LogP contribution in [0, 0.1) is 13.8 Å². The summed E-state index contributed by atoms with van der Waals surface area (Å²) in [7, 11) is 0. The van der Waals surface area contributed by atoms with E-state index in [1.54, 1.807) is 24.3 Å². The van der Waals surface area contributed by atoms with Crippen molar-refractivity contribution in [2.24, 2.45) is 0 Å². The van der Waals surface area contributed by atoms with Gasteiger partial charge in [-0.1, -0.05) is 29.8 Å². The van der Waals surface area contributed by atoms with Crippen LogP contribution in [0.2, 0.25) is 5.02 Å². The first-order chi connectivity index (χ1) is 13.0. The van der Waals surface area contributed by atoms with E-state index in [0.29, 0.717) is 29.6 Å². The van der Waals surface area contributed by atoms with Gasteiger partial charge in [-0.3, -0.25) is 9.59 Å². The van der Waals surface area contributed by atoms with Crippen LogP contribution < -0.4 is 20.1 Å². The number of carbonyl (C=O) groups excluding carboxylic acids is 2. The Kier molecular flexibility index (Phi) is 7.95. The topological polar surface area (TPSA) is 76.7 Å². The second-order valence-corrected chi connectivity index (χ2v) is 6.34. The summed E-state index contributed by atoms with van der Waals surface area (Å²) in [6.45, 7) is 4.20. The van der Waals surface area contributed by atoms with Gasteiger partial charge in [-0.2, -0.15) is 0 Å². The molecule has 0 aromatic heterocycles. The number of nitrogens with one attached hydrogen (secondary N) is 2. The highest BCUT2D eigenvalue weighted by Crippen LogP contribution is 2.25. The Balaban J connectivity index is 1.60. The van der Waals surface area contributed by atoms with Crippen LogP contribution in [0.25, 0.3) is 0 Å². The Labute approximate surface area is 163 Å². The summed E-state index contributed by atoms with van der Waals surface area (Å²) in [5, 5.41) is 6.04. The lowest BCUT2D eigenvalue weighted by molar-refractivity contribution is -0.124. The number of para-hydroxylation sites is 1. The van der Waals surface area contributed by atoms with Crippen LogP contribution >= 0.6 is 11.6 Å². The van der Waals surface area contributed by atoms with Crippen LogP contribution in [0.5, 0.6) is 11.5 Å². The molecule has 2 aromatic rings. The average molecular weight is 391 g/mol. The Morgan fingerprint density at radius 1 is 0.852 bits per heavy atom. The van der Waals surface area contributed by atoms with Crippen molar-refractivity contribution in [2.45, 2.75) is 13.8 Å². The molecule has 2 N–H and O–H groups in total. The summed E-state index contributed by atoms with van der Waals surface area (Å²) in [5.41, 5.74) is 1.79. The number of amides is 2. The van der Waals surface area contributed by atoms with Crippen LogP contribution in [0.3, 0.4) is 0 Å². The van der Waals surface area contributed by atoms with Crippen LogP contribution in [-0.2, 0) is 9.59 Å². The molecule has 0 saturated heterocycles. The maximum atomic E-state index is 11.8. The molecule has 0 aliphatic rings. The summed E-state index contributed by atoms with van der Waals surface area (Å²) in [6.07, 6.45) is 0. The number of rotatable bonds is 9. The van der Waals surface area contributed by atoms with Crippen molar-refractivity contribution in [3.05, 3.63) is 58.6 Å². The Hall–Kier alpha value is -2.73. The summed E-state index contributed by atoms with van der Waals surface area (Å²) >= 11 is 6.10. The molecule has 0 unspecified atom stereocenters. The molecule has 6 nitrogen and oxygen atoms in total. The molecule has 0 atom stereocenters. The number of hydrogen-bond acceptors (Lipinski definition) is 4. The lowest BCUT2D eigenvalue weighted by Crippen LogP contribution is -2.38. The minimum atomic E-state index is -0.268. The number of hydrogen-bond donors (Lipinski definition) is 2. The minimum Gasteiger partial charge on any atom is -0.484 e. The van der Waals surface area contributed by atoms with E-state index in [1.807, 2.05) is 32.0 Å². The molecule has 0 radical (unpaired) electrons. The zero-order chi connectivity index (χ0) is 19.6. The number of halogens is 1. The summed E-state index contributed by atoms with van der Waals surface area (Å²) < 4.78 is 10.8. The first-order valence-corrected chi connectivity index (χ1v) is 8.94. The molecule has 0 aliphatic heterocycles. The van der Waals surface area contributed by atoms with Crippen molar-refractivity contribution >= 4 is 23.4 Å². The summed E-state index contributed by atoms with van der Waals surface area (Å²) in [5.74, 6) is 0.702. The van der Waals surface area contributed by atoms with Gasteiger partial charge in [-0.15, -0.1) is 0 Å². The number of benzene rings is 2. The number of ether oxygens (including phenoxy) is 2. The third-order valence-corrected chi connectivity index (χ3v) is 4.26. The van der Waals surface area contributed by atoms with Gasteiger partial charge in [0.1, 0.15) is 11.5 Å². The average Bonchev–Trinajstić information content (AvgIpc) is 2.67. The molecular weight excluding hydrogens is 368 g/mol. The predicted molar refractivity (Wildman–Crippen MR) is 104 cm³/mol. The predicted octanol–water partition coefficient (Wildman–Crippen LogP) is 2.65. The molecule has 27 heavy (non-hydrogen) atoms. The van der Waals surface area contributed by atoms with Gasteiger partial charge >= 0.3 is 0 Å². The SMILES string of the molecule is Cc1cc(OCC(=O)NCCNC(=O)COc2ccccc2)cc(C)c1Cl. The molecule has 0 spiro atoms. The molecule has 2 rings (SSSR count). The fourth-order valence-electron chi connectivity index (χ4n) is 2.31. The van der Waals surface area contributed by atoms with Crippen LogP contribution in [-0.4, -0.2) is 38.1 Å². The third-order valence-electron chi connectivity index (χ3n) is 3.66. The van der Waals surface area contributed by atoms with E-state index in [2.05, 4.69) is 10.6 Å². The first-order valence-electron chi connectivity index (χ1n) is 8.56. The zero-order valence-corrected chi connectivity index (χ0v) is 16.1. The second-order valence-electron chi connectivity index (χ2n) is 5.96. The zero-order valence-electron chi connectivity index (χ0n) is 15.4. The summed E-state index contributed by atoms with van der Waals surface area (Å²) in [4.78, 5) is 23.5. The smallest absolute Gasteiger partial charge is 0.258 e. The highest BCUT2D eigenvalue weighted by atomic mass is 35.5. The van der Waals surface area contributed by atoms with E-state index in [0.717, 1.165) is 11.1 Å². The van der Waals surface area contributed by atoms with Gasteiger partial charge in [0.05, 0.1) is 0 Å². The van der Waals surface area contributed by atoms with Gasteiger partial charge in [0.2, 0.25) is 0 Å². The molecule has 0 fully saturated rings. The third kappa shape index (κ3) is 7.19. The largest absolute Gasteiger partial charge is 0.484 e. The minimum absolute atomic E-state index is 0.0731. The van der Waals surface area contributed by atoms with E-state index in [4.69, 9.17) is 21.1 Å². The van der Waals surface area contributed by atoms with Crippen LogP contribution in [0.1, 0.15) is 11.1 Å². The van der Waals surface area contributed by atoms with E-state index in [-0.39, 0.29) is 25.0 Å². The van der Waals surface area contributed by atoms with Crippen molar-refractivity contribution in [1.82, 2.24) is 10.6 Å². The van der Waals surface area contributed by atoms with Gasteiger partial charge in [-0.25, -0.2) is 0 Å². The van der Waals surface area contributed by atoms with E-state index >= 15 is 0 Å². The maximum absolute atomic E-state index is 11.8. The fourth-order valence-corrected chi connectivity index (χ4v) is 2.42. The summed E-state index contributed by atoms with van der Waals surface area (Å²) in [6, 6.07) is 12.7. The number of aryl methyl sites for hydroxylation is 2. The Morgan fingerprint density at radius 2 is 1.33 bits per heavy atom. The highest BCUT2D eigenvalue weighted by Gasteiger charge is 2.07. The molecule has 144 valence electrons. The fraction of sp³-hybridized carbons (Fsp3) is 0.300. The van der Waals surface area contributed by atoms with Gasteiger partial charge in [-0.05, 0) is 49.2 Å². The highest BCUT2D eigenvalue weighted by molar-refractivity contribution is 6.32.